The van der Waals surface area contributed by atoms with E-state index in [4.69, 9.17) is 10.1 Å². The molecule has 0 bridgehead atoms. The molecule has 1 aromatic rings. The molecule has 0 saturated carbocycles. The van der Waals surface area contributed by atoms with Crippen molar-refractivity contribution >= 4 is 27.5 Å². The van der Waals surface area contributed by atoms with E-state index in [1.807, 2.05) is 0 Å². The number of carbonyl (C=O) groups excluding carboxylic acids is 2. The van der Waals surface area contributed by atoms with Crippen LogP contribution in [0.4, 0.5) is 0 Å². The first kappa shape index (κ1) is 23.5. The number of sulfonamides is 1. The molecule has 1 rings (SSSR count). The molecule has 0 aliphatic heterocycles. The number of Topliss-reactive ketones (excluding diaryl/α,β-unsaturated/α-hetero) is 1. The fourth-order valence-electron chi connectivity index (χ4n) is 2.68. The number of esters is 1. The van der Waals surface area contributed by atoms with Crippen molar-refractivity contribution in [2.24, 2.45) is 0 Å². The van der Waals surface area contributed by atoms with Crippen LogP contribution in [0.2, 0.25) is 0 Å². The fraction of sp³-hybridized carbons (Fsp3) is 0.421. The predicted octanol–water partition coefficient (Wildman–Crippen LogP) is 2.62. The van der Waals surface area contributed by atoms with Crippen LogP contribution >= 0.6 is 0 Å². The van der Waals surface area contributed by atoms with Crippen molar-refractivity contribution < 1.29 is 27.9 Å². The molecule has 0 unspecified atom stereocenters. The highest BCUT2D eigenvalue weighted by Crippen LogP contribution is 2.22. The first-order chi connectivity index (χ1) is 13.0. The highest BCUT2D eigenvalue weighted by atomic mass is 32.2. The van der Waals surface area contributed by atoms with Crippen molar-refractivity contribution in [3.05, 3.63) is 40.7 Å². The largest absolute Gasteiger partial charge is 0.508 e. The Kier molecular flexibility index (Phi) is 8.07. The number of hydrogen-bond donors (Lipinski definition) is 2. The highest BCUT2D eigenvalue weighted by molar-refractivity contribution is 7.89. The molecular weight excluding hydrogens is 384 g/mol. The zero-order valence-electron chi connectivity index (χ0n) is 16.7. The van der Waals surface area contributed by atoms with Gasteiger partial charge in [0.1, 0.15) is 12.4 Å². The van der Waals surface area contributed by atoms with Crippen molar-refractivity contribution in [1.29, 1.82) is 5.41 Å². The minimum atomic E-state index is -3.76. The van der Waals surface area contributed by atoms with Gasteiger partial charge < -0.3 is 15.3 Å². The van der Waals surface area contributed by atoms with Gasteiger partial charge in [0, 0.05) is 18.8 Å². The molecule has 0 fully saturated rings. The molecule has 0 saturated heterocycles. The minimum absolute atomic E-state index is 0.0000751. The summed E-state index contributed by atoms with van der Waals surface area (Å²) in [6.07, 6.45) is 0. The third kappa shape index (κ3) is 5.26. The Labute approximate surface area is 165 Å². The summed E-state index contributed by atoms with van der Waals surface area (Å²) >= 11 is 0. The van der Waals surface area contributed by atoms with E-state index >= 15 is 0 Å². The number of carbonyl (C=O) groups is 2. The monoisotopic (exact) mass is 410 g/mol. The van der Waals surface area contributed by atoms with Crippen molar-refractivity contribution in [2.75, 3.05) is 19.7 Å². The summed E-state index contributed by atoms with van der Waals surface area (Å²) < 4.78 is 31.8. The Balaban J connectivity index is 3.17. The van der Waals surface area contributed by atoms with Gasteiger partial charge in [-0.1, -0.05) is 19.9 Å². The van der Waals surface area contributed by atoms with E-state index in [-0.39, 0.29) is 21.7 Å². The van der Waals surface area contributed by atoms with Crippen LogP contribution in [0.1, 0.15) is 43.6 Å². The number of ketones is 1. The van der Waals surface area contributed by atoms with Crippen molar-refractivity contribution in [3.8, 4) is 0 Å². The summed E-state index contributed by atoms with van der Waals surface area (Å²) in [7, 11) is -3.76. The number of allylic oxidation sites excluding steroid dienone is 1. The number of rotatable bonds is 9. The third-order valence-corrected chi connectivity index (χ3v) is 6.29. The lowest BCUT2D eigenvalue weighted by molar-refractivity contribution is -0.113. The Morgan fingerprint density at radius 2 is 1.75 bits per heavy atom. The van der Waals surface area contributed by atoms with Crippen LogP contribution in [0.3, 0.4) is 0 Å². The van der Waals surface area contributed by atoms with Gasteiger partial charge in [-0.2, -0.15) is 4.31 Å². The molecular formula is C19H26N2O6S. The second-order valence-corrected chi connectivity index (χ2v) is 8.05. The standard InChI is InChI=1S/C19H26N2O6S/c1-6-21(7-2)28(25,26)17-10-15(9-8-12(17)3)19(24)27-11-16(23)18(13(4)20)14(5)22/h8-10,20,23H,6-7,11H2,1-5H3/b18-16-,20-13?. The lowest BCUT2D eigenvalue weighted by atomic mass is 10.1. The first-order valence-corrected chi connectivity index (χ1v) is 10.2. The number of hydrogen-bond acceptors (Lipinski definition) is 7. The van der Waals surface area contributed by atoms with Gasteiger partial charge >= 0.3 is 5.97 Å². The van der Waals surface area contributed by atoms with Gasteiger partial charge in [0.15, 0.2) is 5.78 Å². The number of nitrogens with one attached hydrogen (secondary N) is 1. The zero-order chi connectivity index (χ0) is 21.6. The molecule has 0 aromatic heterocycles. The van der Waals surface area contributed by atoms with Crippen LogP contribution in [0.25, 0.3) is 0 Å². The fourth-order valence-corrected chi connectivity index (χ4v) is 4.39. The molecule has 28 heavy (non-hydrogen) atoms. The molecule has 1 aromatic carbocycles. The molecule has 0 aliphatic carbocycles. The van der Waals surface area contributed by atoms with Crippen molar-refractivity contribution in [2.45, 2.75) is 39.5 Å². The smallest absolute Gasteiger partial charge is 0.338 e. The van der Waals surface area contributed by atoms with Gasteiger partial charge in [0.2, 0.25) is 10.0 Å². The quantitative estimate of drug-likeness (QED) is 0.279. The van der Waals surface area contributed by atoms with Gasteiger partial charge in [-0.25, -0.2) is 13.2 Å². The Morgan fingerprint density at radius 1 is 1.18 bits per heavy atom. The average molecular weight is 410 g/mol. The highest BCUT2D eigenvalue weighted by Gasteiger charge is 2.25. The molecule has 0 amide bonds. The summed E-state index contributed by atoms with van der Waals surface area (Å²) in [5.74, 6) is -1.91. The second kappa shape index (κ2) is 9.61. The zero-order valence-corrected chi connectivity index (χ0v) is 17.5. The van der Waals surface area contributed by atoms with E-state index in [0.717, 1.165) is 0 Å². The summed E-state index contributed by atoms with van der Waals surface area (Å²) in [4.78, 5) is 23.8. The maximum atomic E-state index is 12.8. The number of aryl methyl sites for hydroxylation is 1. The predicted molar refractivity (Wildman–Crippen MR) is 105 cm³/mol. The maximum absolute atomic E-state index is 12.8. The molecule has 0 aliphatic rings. The van der Waals surface area contributed by atoms with Crippen molar-refractivity contribution in [3.63, 3.8) is 0 Å². The topological polar surface area (TPSA) is 125 Å². The van der Waals surface area contributed by atoms with E-state index in [9.17, 15) is 23.1 Å². The third-order valence-electron chi connectivity index (χ3n) is 4.10. The molecule has 2 N–H and O–H groups in total. The Bertz CT molecular complexity index is 898. The van der Waals surface area contributed by atoms with Crippen LogP contribution in [0, 0.1) is 12.3 Å². The van der Waals surface area contributed by atoms with Gasteiger partial charge in [-0.05, 0) is 38.5 Å². The average Bonchev–Trinajstić information content (AvgIpc) is 2.60. The molecule has 0 heterocycles. The van der Waals surface area contributed by atoms with Crippen LogP contribution in [-0.4, -0.2) is 55.0 Å². The van der Waals surface area contributed by atoms with E-state index in [1.54, 1.807) is 20.8 Å². The van der Waals surface area contributed by atoms with Gasteiger partial charge in [0.05, 0.1) is 16.0 Å². The molecule has 0 spiro atoms. The van der Waals surface area contributed by atoms with Crippen molar-refractivity contribution in [1.82, 2.24) is 4.31 Å². The Hall–Kier alpha value is -2.52. The maximum Gasteiger partial charge on any atom is 0.338 e. The SMILES string of the molecule is CCN(CC)S(=O)(=O)c1cc(C(=O)OC/C(O)=C(\C(C)=N)C(C)=O)ccc1C. The van der Waals surface area contributed by atoms with Crippen LogP contribution < -0.4 is 0 Å². The summed E-state index contributed by atoms with van der Waals surface area (Å²) in [6, 6.07) is 4.17. The van der Waals surface area contributed by atoms with E-state index in [0.29, 0.717) is 18.7 Å². The number of aliphatic hydroxyl groups is 1. The molecule has 8 nitrogen and oxygen atoms in total. The summed E-state index contributed by atoms with van der Waals surface area (Å²) in [5.41, 5.74) is 0.120. The summed E-state index contributed by atoms with van der Waals surface area (Å²) in [5, 5.41) is 17.5. The minimum Gasteiger partial charge on any atom is -0.508 e. The molecule has 154 valence electrons. The first-order valence-electron chi connectivity index (χ1n) is 8.73. The summed E-state index contributed by atoms with van der Waals surface area (Å²) in [6.45, 7) is 7.59. The van der Waals surface area contributed by atoms with E-state index < -0.39 is 34.1 Å². The van der Waals surface area contributed by atoms with E-state index in [1.165, 1.54) is 36.4 Å². The van der Waals surface area contributed by atoms with Gasteiger partial charge in [0.25, 0.3) is 0 Å². The molecule has 0 radical (unpaired) electrons. The Morgan fingerprint density at radius 3 is 2.21 bits per heavy atom. The molecule has 0 atom stereocenters. The number of aliphatic hydroxyl groups excluding tert-OH is 1. The number of nitrogens with zero attached hydrogens (tertiary/aromatic N) is 1. The lowest BCUT2D eigenvalue weighted by Crippen LogP contribution is -2.31. The number of benzene rings is 1. The second-order valence-electron chi connectivity index (χ2n) is 6.15. The van der Waals surface area contributed by atoms with Gasteiger partial charge in [-0.3, -0.25) is 4.79 Å². The molecule has 9 heteroatoms. The van der Waals surface area contributed by atoms with Crippen LogP contribution in [-0.2, 0) is 19.6 Å². The number of ether oxygens (including phenoxy) is 1. The van der Waals surface area contributed by atoms with Gasteiger partial charge in [-0.15, -0.1) is 0 Å². The lowest BCUT2D eigenvalue weighted by Gasteiger charge is -2.20. The van der Waals surface area contributed by atoms with Crippen LogP contribution in [0.15, 0.2) is 34.4 Å². The van der Waals surface area contributed by atoms with E-state index in [2.05, 4.69) is 0 Å². The van der Waals surface area contributed by atoms with Crippen LogP contribution in [0.5, 0.6) is 0 Å². The normalized spacial score (nSPS) is 12.5.